The second-order valence-corrected chi connectivity index (χ2v) is 9.78. The zero-order valence-corrected chi connectivity index (χ0v) is 18.9. The van der Waals surface area contributed by atoms with Gasteiger partial charge >= 0.3 is 0 Å². The Kier molecular flexibility index (Phi) is 6.18. The van der Waals surface area contributed by atoms with Crippen LogP contribution < -0.4 is 19.9 Å². The predicted octanol–water partition coefficient (Wildman–Crippen LogP) is 3.28. The van der Waals surface area contributed by atoms with E-state index in [4.69, 9.17) is 43.1 Å². The maximum Gasteiger partial charge on any atom is 0.293 e. The number of nitrogens with zero attached hydrogens (tertiary/aromatic N) is 2. The maximum absolute atomic E-state index is 13.0. The summed E-state index contributed by atoms with van der Waals surface area (Å²) in [5.41, 5.74) is 5.59. The van der Waals surface area contributed by atoms with Crippen LogP contribution in [0.15, 0.2) is 28.5 Å². The quantitative estimate of drug-likeness (QED) is 0.537. The number of primary amides is 1. The summed E-state index contributed by atoms with van der Waals surface area (Å²) in [7, 11) is 0.0353. The van der Waals surface area contributed by atoms with Crippen LogP contribution in [0.4, 0.5) is 0 Å². The van der Waals surface area contributed by atoms with Gasteiger partial charge < -0.3 is 19.9 Å². The number of halogens is 2. The van der Waals surface area contributed by atoms with Crippen LogP contribution in [0, 0.1) is 0 Å². The van der Waals surface area contributed by atoms with Crippen molar-refractivity contribution in [2.45, 2.75) is 4.21 Å². The number of methoxy groups -OCH3 is 3. The molecular formula is C17H15Cl2N3O6S2. The Labute approximate surface area is 185 Å². The van der Waals surface area contributed by atoms with Gasteiger partial charge in [-0.25, -0.2) is 0 Å². The molecule has 3 aromatic rings. The molecule has 0 saturated carbocycles. The zero-order chi connectivity index (χ0) is 22.2. The normalized spacial score (nSPS) is 11.4. The molecule has 1 aromatic carbocycles. The van der Waals surface area contributed by atoms with E-state index in [0.717, 1.165) is 11.3 Å². The highest BCUT2D eigenvalue weighted by molar-refractivity contribution is 7.92. The van der Waals surface area contributed by atoms with Crippen LogP contribution in [0.2, 0.25) is 9.36 Å². The van der Waals surface area contributed by atoms with Crippen molar-refractivity contribution in [3.8, 4) is 28.5 Å². The van der Waals surface area contributed by atoms with E-state index in [0.29, 0.717) is 26.9 Å². The van der Waals surface area contributed by atoms with E-state index in [1.807, 2.05) is 0 Å². The first-order valence-electron chi connectivity index (χ1n) is 8.04. The maximum atomic E-state index is 13.0. The molecule has 30 heavy (non-hydrogen) atoms. The molecule has 0 atom stereocenters. The fourth-order valence-electron chi connectivity index (χ4n) is 2.62. The van der Waals surface area contributed by atoms with Crippen molar-refractivity contribution < 1.29 is 27.4 Å². The van der Waals surface area contributed by atoms with E-state index in [-0.39, 0.29) is 25.0 Å². The van der Waals surface area contributed by atoms with E-state index in [1.165, 1.54) is 33.5 Å². The minimum absolute atomic E-state index is 0.0675. The van der Waals surface area contributed by atoms with Gasteiger partial charge in [0.1, 0.15) is 14.2 Å². The lowest BCUT2D eigenvalue weighted by Gasteiger charge is -2.13. The Bertz CT molecular complexity index is 1190. The van der Waals surface area contributed by atoms with Gasteiger partial charge in [-0.2, -0.15) is 13.5 Å². The first-order valence-corrected chi connectivity index (χ1v) is 11.1. The molecule has 0 aliphatic rings. The van der Waals surface area contributed by atoms with E-state index < -0.39 is 15.9 Å². The SMILES string of the molecule is COc1cc(-c2cc(C(N)=O)n(S(=O)(=O)c3cc(Cl)c(Cl)s3)n2)cc(OC)c1OC. The zero-order valence-electron chi connectivity index (χ0n) is 15.8. The molecule has 0 aliphatic carbocycles. The predicted molar refractivity (Wildman–Crippen MR) is 113 cm³/mol. The average Bonchev–Trinajstić information content (AvgIpc) is 3.32. The van der Waals surface area contributed by atoms with Gasteiger partial charge in [-0.1, -0.05) is 23.2 Å². The number of rotatable bonds is 7. The minimum Gasteiger partial charge on any atom is -0.493 e. The van der Waals surface area contributed by atoms with E-state index in [1.54, 1.807) is 12.1 Å². The van der Waals surface area contributed by atoms with Crippen LogP contribution >= 0.6 is 34.5 Å². The molecule has 0 aliphatic heterocycles. The Balaban J connectivity index is 2.22. The lowest BCUT2D eigenvalue weighted by atomic mass is 10.1. The Morgan fingerprint density at radius 1 is 1.07 bits per heavy atom. The lowest BCUT2D eigenvalue weighted by Crippen LogP contribution is -2.23. The number of aromatic nitrogens is 2. The molecule has 3 rings (SSSR count). The second kappa shape index (κ2) is 8.34. The standard InChI is InChI=1S/C17H15Cl2N3O6S2/c1-26-12-4-8(5-13(27-2)15(12)28-3)10-7-11(17(20)23)22(21-10)30(24,25)14-6-9(18)16(19)29-14/h4-7H,1-3H3,(H2,20,23). The smallest absolute Gasteiger partial charge is 0.293 e. The van der Waals surface area contributed by atoms with Crippen LogP contribution in [-0.2, 0) is 10.0 Å². The molecule has 0 radical (unpaired) electrons. The number of ether oxygens (including phenoxy) is 3. The number of benzene rings is 1. The molecule has 0 unspecified atom stereocenters. The molecule has 13 heteroatoms. The number of amides is 1. The summed E-state index contributed by atoms with van der Waals surface area (Å²) in [5, 5.41) is 4.16. The molecule has 2 aromatic heterocycles. The van der Waals surface area contributed by atoms with Crippen LogP contribution in [-0.4, -0.2) is 44.8 Å². The molecule has 0 fully saturated rings. The highest BCUT2D eigenvalue weighted by Crippen LogP contribution is 2.41. The summed E-state index contributed by atoms with van der Waals surface area (Å²) in [5.74, 6) is -0.00396. The fraction of sp³-hybridized carbons (Fsp3) is 0.176. The number of hydrogen-bond acceptors (Lipinski definition) is 8. The highest BCUT2D eigenvalue weighted by atomic mass is 35.5. The summed E-state index contributed by atoms with van der Waals surface area (Å²) in [6, 6.07) is 5.54. The summed E-state index contributed by atoms with van der Waals surface area (Å²) in [6.07, 6.45) is 0. The highest BCUT2D eigenvalue weighted by Gasteiger charge is 2.28. The number of nitrogens with two attached hydrogens (primary N) is 1. The van der Waals surface area contributed by atoms with Gasteiger partial charge in [0.05, 0.1) is 32.0 Å². The van der Waals surface area contributed by atoms with Gasteiger partial charge in [0, 0.05) is 5.56 Å². The molecule has 160 valence electrons. The summed E-state index contributed by atoms with van der Waals surface area (Å²) in [4.78, 5) is 11.9. The van der Waals surface area contributed by atoms with Crippen LogP contribution in [0.1, 0.15) is 10.5 Å². The molecular weight excluding hydrogens is 477 g/mol. The van der Waals surface area contributed by atoms with E-state index in [2.05, 4.69) is 5.10 Å². The van der Waals surface area contributed by atoms with Crippen molar-refractivity contribution in [1.29, 1.82) is 0 Å². The lowest BCUT2D eigenvalue weighted by molar-refractivity contribution is 0.0994. The van der Waals surface area contributed by atoms with Gasteiger partial charge in [0.2, 0.25) is 5.75 Å². The van der Waals surface area contributed by atoms with Crippen molar-refractivity contribution in [3.63, 3.8) is 0 Å². The summed E-state index contributed by atoms with van der Waals surface area (Å²) < 4.78 is 42.4. The topological polar surface area (TPSA) is 123 Å². The van der Waals surface area contributed by atoms with Gasteiger partial charge in [0.25, 0.3) is 15.9 Å². The van der Waals surface area contributed by atoms with Crippen molar-refractivity contribution in [2.24, 2.45) is 5.73 Å². The molecule has 0 spiro atoms. The fourth-order valence-corrected chi connectivity index (χ4v) is 5.85. The molecule has 9 nitrogen and oxygen atoms in total. The average molecular weight is 492 g/mol. The third-order valence-electron chi connectivity index (χ3n) is 4.00. The number of carbonyl (C=O) groups excluding carboxylic acids is 1. The van der Waals surface area contributed by atoms with Crippen molar-refractivity contribution in [2.75, 3.05) is 21.3 Å². The van der Waals surface area contributed by atoms with E-state index in [9.17, 15) is 13.2 Å². The largest absolute Gasteiger partial charge is 0.493 e. The summed E-state index contributed by atoms with van der Waals surface area (Å²) >= 11 is 12.5. The third-order valence-corrected chi connectivity index (χ3v) is 7.90. The van der Waals surface area contributed by atoms with Crippen molar-refractivity contribution in [1.82, 2.24) is 9.19 Å². The first-order chi connectivity index (χ1) is 14.1. The van der Waals surface area contributed by atoms with Gasteiger partial charge in [-0.3, -0.25) is 4.79 Å². The first kappa shape index (κ1) is 22.2. The Hall–Kier alpha value is -2.47. The number of thiophene rings is 1. The van der Waals surface area contributed by atoms with Crippen molar-refractivity contribution in [3.05, 3.63) is 39.3 Å². The van der Waals surface area contributed by atoms with Crippen LogP contribution in [0.25, 0.3) is 11.3 Å². The molecule has 2 N–H and O–H groups in total. The second-order valence-electron chi connectivity index (χ2n) is 5.73. The molecule has 1 amide bonds. The Morgan fingerprint density at radius 3 is 2.10 bits per heavy atom. The van der Waals surface area contributed by atoms with Gasteiger partial charge in [-0.05, 0) is 24.3 Å². The van der Waals surface area contributed by atoms with Crippen LogP contribution in [0.5, 0.6) is 17.2 Å². The van der Waals surface area contributed by atoms with Gasteiger partial charge in [-0.15, -0.1) is 15.4 Å². The Morgan fingerprint density at radius 2 is 1.67 bits per heavy atom. The molecule has 2 heterocycles. The molecule has 0 saturated heterocycles. The van der Waals surface area contributed by atoms with Gasteiger partial charge in [0.15, 0.2) is 11.5 Å². The number of carbonyl (C=O) groups is 1. The minimum atomic E-state index is -4.28. The summed E-state index contributed by atoms with van der Waals surface area (Å²) in [6.45, 7) is 0. The monoisotopic (exact) mass is 491 g/mol. The molecule has 0 bridgehead atoms. The van der Waals surface area contributed by atoms with Crippen molar-refractivity contribution >= 4 is 50.5 Å². The third kappa shape index (κ3) is 3.81. The van der Waals surface area contributed by atoms with Crippen LogP contribution in [0.3, 0.4) is 0 Å². The van der Waals surface area contributed by atoms with E-state index >= 15 is 0 Å². The number of hydrogen-bond donors (Lipinski definition) is 1.